The molecular formula is C10H14ClN3O4. The van der Waals surface area contributed by atoms with Gasteiger partial charge in [0, 0.05) is 25.8 Å². The lowest BCUT2D eigenvalue weighted by molar-refractivity contribution is -0.147. The summed E-state index contributed by atoms with van der Waals surface area (Å²) in [5.41, 5.74) is 0. The Morgan fingerprint density at radius 2 is 2.11 bits per heavy atom. The predicted molar refractivity (Wildman–Crippen MR) is 62.8 cm³/mol. The van der Waals surface area contributed by atoms with Gasteiger partial charge in [0.1, 0.15) is 6.04 Å². The fourth-order valence-corrected chi connectivity index (χ4v) is 1.69. The number of amides is 5. The molecule has 1 saturated heterocycles. The number of urea groups is 1. The number of piperidine rings is 1. The number of imide groups is 2. The second-order valence-electron chi connectivity index (χ2n) is 3.84. The van der Waals surface area contributed by atoms with Crippen LogP contribution in [-0.2, 0) is 14.4 Å². The average Bonchev–Trinajstić information content (AvgIpc) is 2.30. The van der Waals surface area contributed by atoms with Crippen LogP contribution in [0.15, 0.2) is 0 Å². The highest BCUT2D eigenvalue weighted by Gasteiger charge is 2.32. The summed E-state index contributed by atoms with van der Waals surface area (Å²) in [4.78, 5) is 46.3. The van der Waals surface area contributed by atoms with E-state index in [2.05, 4.69) is 5.32 Å². The topological polar surface area (TPSA) is 95.6 Å². The van der Waals surface area contributed by atoms with E-state index in [1.54, 1.807) is 0 Å². The van der Waals surface area contributed by atoms with Gasteiger partial charge < -0.3 is 5.32 Å². The number of nitrogens with zero attached hydrogens (tertiary/aromatic N) is 1. The highest BCUT2D eigenvalue weighted by molar-refractivity contribution is 6.19. The molecule has 1 unspecified atom stereocenters. The number of carbonyl (C=O) groups is 4. The van der Waals surface area contributed by atoms with Gasteiger partial charge in [0.2, 0.25) is 11.8 Å². The van der Waals surface area contributed by atoms with E-state index in [9.17, 15) is 19.2 Å². The molecule has 1 aliphatic rings. The second kappa shape index (κ2) is 6.34. The van der Waals surface area contributed by atoms with E-state index in [0.29, 0.717) is 0 Å². The van der Waals surface area contributed by atoms with E-state index in [0.717, 1.165) is 4.90 Å². The first kappa shape index (κ1) is 14.4. The van der Waals surface area contributed by atoms with Gasteiger partial charge in [-0.1, -0.05) is 0 Å². The predicted octanol–water partition coefficient (Wildman–Crippen LogP) is -0.411. The minimum Gasteiger partial charge on any atom is -0.326 e. The zero-order valence-electron chi connectivity index (χ0n) is 9.86. The Balaban J connectivity index is 2.47. The molecule has 5 amide bonds. The van der Waals surface area contributed by atoms with Gasteiger partial charge >= 0.3 is 6.03 Å². The lowest BCUT2D eigenvalue weighted by atomic mass is 10.1. The average molecular weight is 276 g/mol. The monoisotopic (exact) mass is 275 g/mol. The molecule has 1 heterocycles. The molecule has 100 valence electrons. The van der Waals surface area contributed by atoms with Gasteiger partial charge in [-0.3, -0.25) is 24.6 Å². The van der Waals surface area contributed by atoms with Crippen molar-refractivity contribution in [3.05, 3.63) is 0 Å². The third-order valence-electron chi connectivity index (χ3n) is 2.53. The highest BCUT2D eigenvalue weighted by atomic mass is 35.5. The van der Waals surface area contributed by atoms with Gasteiger partial charge in [-0.15, -0.1) is 11.6 Å². The van der Waals surface area contributed by atoms with Gasteiger partial charge in [-0.2, -0.15) is 0 Å². The Bertz CT molecular complexity index is 385. The van der Waals surface area contributed by atoms with Crippen LogP contribution in [0, 0.1) is 0 Å². The van der Waals surface area contributed by atoms with Crippen LogP contribution >= 0.6 is 11.6 Å². The summed E-state index contributed by atoms with van der Waals surface area (Å²) < 4.78 is 0. The van der Waals surface area contributed by atoms with Crippen LogP contribution in [0.3, 0.4) is 0 Å². The quantitative estimate of drug-likeness (QED) is 0.541. The van der Waals surface area contributed by atoms with Crippen LogP contribution in [0.2, 0.25) is 0 Å². The van der Waals surface area contributed by atoms with E-state index in [4.69, 9.17) is 11.6 Å². The van der Waals surface area contributed by atoms with Crippen molar-refractivity contribution in [1.82, 2.24) is 15.5 Å². The molecule has 1 atom stereocenters. The first-order chi connectivity index (χ1) is 8.45. The molecular weight excluding hydrogens is 262 g/mol. The first-order valence-corrected chi connectivity index (χ1v) is 5.96. The maximum Gasteiger partial charge on any atom is 0.322 e. The zero-order chi connectivity index (χ0) is 13.7. The Morgan fingerprint density at radius 1 is 1.44 bits per heavy atom. The summed E-state index contributed by atoms with van der Waals surface area (Å²) in [6, 6.07) is -1.54. The Morgan fingerprint density at radius 3 is 2.72 bits per heavy atom. The third kappa shape index (κ3) is 3.69. The Hall–Kier alpha value is -1.63. The molecule has 1 aliphatic heterocycles. The normalized spacial score (nSPS) is 19.7. The van der Waals surface area contributed by atoms with Crippen LogP contribution in [0.25, 0.3) is 0 Å². The maximum absolute atomic E-state index is 11.6. The van der Waals surface area contributed by atoms with Crippen molar-refractivity contribution >= 4 is 35.4 Å². The summed E-state index contributed by atoms with van der Waals surface area (Å²) in [6.07, 6.45) is 0.438. The van der Waals surface area contributed by atoms with E-state index in [1.165, 1.54) is 7.05 Å². The van der Waals surface area contributed by atoms with Crippen molar-refractivity contribution in [2.45, 2.75) is 25.3 Å². The largest absolute Gasteiger partial charge is 0.326 e. The number of likely N-dealkylation sites (N-methyl/N-ethyl adjacent to an activating group) is 1. The number of rotatable bonds is 3. The van der Waals surface area contributed by atoms with Crippen molar-refractivity contribution in [1.29, 1.82) is 0 Å². The van der Waals surface area contributed by atoms with Crippen LogP contribution in [0.4, 0.5) is 4.79 Å². The van der Waals surface area contributed by atoms with Gasteiger partial charge in [-0.25, -0.2) is 4.79 Å². The number of halogens is 1. The summed E-state index contributed by atoms with van der Waals surface area (Å²) in [6.45, 7) is 0. The van der Waals surface area contributed by atoms with Crippen molar-refractivity contribution in [3.8, 4) is 0 Å². The van der Waals surface area contributed by atoms with Crippen molar-refractivity contribution in [3.63, 3.8) is 0 Å². The van der Waals surface area contributed by atoms with Crippen molar-refractivity contribution < 1.29 is 19.2 Å². The number of carbonyl (C=O) groups excluding carboxylic acids is 4. The SMILES string of the molecule is CN1C(=O)CCC(NC(=O)NC(=O)CCCl)C1=O. The van der Waals surface area contributed by atoms with E-state index in [-0.39, 0.29) is 31.0 Å². The zero-order valence-corrected chi connectivity index (χ0v) is 10.6. The first-order valence-electron chi connectivity index (χ1n) is 5.42. The van der Waals surface area contributed by atoms with Gasteiger partial charge in [0.25, 0.3) is 5.91 Å². The third-order valence-corrected chi connectivity index (χ3v) is 2.72. The summed E-state index contributed by atoms with van der Waals surface area (Å²) >= 11 is 5.34. The van der Waals surface area contributed by atoms with E-state index < -0.39 is 23.9 Å². The Kier molecular flexibility index (Phi) is 5.08. The number of hydrogen-bond acceptors (Lipinski definition) is 4. The van der Waals surface area contributed by atoms with Gasteiger partial charge in [0.15, 0.2) is 0 Å². The lowest BCUT2D eigenvalue weighted by Crippen LogP contribution is -2.55. The van der Waals surface area contributed by atoms with Crippen molar-refractivity contribution in [2.24, 2.45) is 0 Å². The molecule has 0 saturated carbocycles. The number of nitrogens with one attached hydrogen (secondary N) is 2. The molecule has 7 nitrogen and oxygen atoms in total. The summed E-state index contributed by atoms with van der Waals surface area (Å²) in [5, 5.41) is 4.40. The number of alkyl halides is 1. The Labute approximate surface area is 109 Å². The molecule has 1 rings (SSSR count). The highest BCUT2D eigenvalue weighted by Crippen LogP contribution is 2.11. The van der Waals surface area contributed by atoms with Crippen molar-refractivity contribution in [2.75, 3.05) is 12.9 Å². The summed E-state index contributed by atoms with van der Waals surface area (Å²) in [5.74, 6) is -1.17. The van der Waals surface area contributed by atoms with E-state index in [1.807, 2.05) is 5.32 Å². The maximum atomic E-state index is 11.6. The van der Waals surface area contributed by atoms with Crippen LogP contribution in [0.5, 0.6) is 0 Å². The minimum atomic E-state index is -0.781. The fraction of sp³-hybridized carbons (Fsp3) is 0.600. The molecule has 0 aliphatic carbocycles. The molecule has 0 spiro atoms. The van der Waals surface area contributed by atoms with E-state index >= 15 is 0 Å². The fourth-order valence-electron chi connectivity index (χ4n) is 1.52. The van der Waals surface area contributed by atoms with Crippen LogP contribution in [-0.4, -0.2) is 47.6 Å². The second-order valence-corrected chi connectivity index (χ2v) is 4.22. The smallest absolute Gasteiger partial charge is 0.322 e. The molecule has 18 heavy (non-hydrogen) atoms. The molecule has 0 aromatic rings. The number of hydrogen-bond donors (Lipinski definition) is 2. The molecule has 0 aromatic carbocycles. The van der Waals surface area contributed by atoms with Crippen LogP contribution < -0.4 is 10.6 Å². The summed E-state index contributed by atoms with van der Waals surface area (Å²) in [7, 11) is 1.36. The van der Waals surface area contributed by atoms with Gasteiger partial charge in [-0.05, 0) is 6.42 Å². The lowest BCUT2D eigenvalue weighted by Gasteiger charge is -2.27. The minimum absolute atomic E-state index is 0.0198. The standard InChI is InChI=1S/C10H14ClN3O4/c1-14-8(16)3-2-6(9(14)17)12-10(18)13-7(15)4-5-11/h6H,2-5H2,1H3,(H2,12,13,15,18). The molecule has 2 N–H and O–H groups in total. The van der Waals surface area contributed by atoms with Gasteiger partial charge in [0.05, 0.1) is 0 Å². The van der Waals surface area contributed by atoms with Crippen LogP contribution in [0.1, 0.15) is 19.3 Å². The molecule has 0 aromatic heterocycles. The molecule has 0 bridgehead atoms. The molecule has 0 radical (unpaired) electrons. The molecule has 8 heteroatoms. The number of likely N-dealkylation sites (tertiary alicyclic amines) is 1. The molecule has 1 fully saturated rings.